The number of halogens is 1. The Bertz CT molecular complexity index is 1440. The Morgan fingerprint density at radius 3 is 2.72 bits per heavy atom. The van der Waals surface area contributed by atoms with Crippen LogP contribution in [0.25, 0.3) is 11.0 Å². The Hall–Kier alpha value is -3.21. The van der Waals surface area contributed by atoms with Crippen molar-refractivity contribution >= 4 is 44.4 Å². The molecule has 0 saturated heterocycles. The molecule has 3 aromatic carbocycles. The lowest BCUT2D eigenvalue weighted by molar-refractivity contribution is 0.0989. The highest BCUT2D eigenvalue weighted by Gasteiger charge is 2.26. The molecule has 1 aliphatic rings. The molecule has 0 atom stereocenters. The molecular formula is C22H17FN4O3S2. The zero-order valence-corrected chi connectivity index (χ0v) is 18.3. The highest BCUT2D eigenvalue weighted by Crippen LogP contribution is 2.30. The Labute approximate surface area is 187 Å². The number of aromatic nitrogens is 2. The van der Waals surface area contributed by atoms with Crippen molar-refractivity contribution in [2.45, 2.75) is 17.9 Å². The molecule has 2 heterocycles. The van der Waals surface area contributed by atoms with Crippen LogP contribution >= 0.6 is 11.7 Å². The van der Waals surface area contributed by atoms with E-state index in [4.69, 9.17) is 0 Å². The van der Waals surface area contributed by atoms with Gasteiger partial charge < -0.3 is 4.90 Å². The molecule has 0 saturated carbocycles. The maximum atomic E-state index is 13.2. The summed E-state index contributed by atoms with van der Waals surface area (Å²) in [7, 11) is -3.77. The number of hydrogen-bond acceptors (Lipinski definition) is 6. The van der Waals surface area contributed by atoms with Crippen LogP contribution in [0, 0.1) is 5.82 Å². The summed E-state index contributed by atoms with van der Waals surface area (Å²) in [5, 5.41) is 0. The fraction of sp³-hybridized carbons (Fsp3) is 0.136. The van der Waals surface area contributed by atoms with E-state index in [1.165, 1.54) is 30.3 Å². The molecule has 0 aliphatic carbocycles. The summed E-state index contributed by atoms with van der Waals surface area (Å²) in [5.74, 6) is -0.583. The van der Waals surface area contributed by atoms with Crippen molar-refractivity contribution in [2.75, 3.05) is 11.4 Å². The molecule has 0 radical (unpaired) electrons. The third kappa shape index (κ3) is 3.77. The van der Waals surface area contributed by atoms with Gasteiger partial charge in [0.2, 0.25) is 10.0 Å². The second kappa shape index (κ2) is 8.05. The SMILES string of the molecule is O=C(c1ccc(F)cc1)N1CCc2cc(CNS(=O)(=O)c3cccc4nsnc34)ccc21. The summed E-state index contributed by atoms with van der Waals surface area (Å²) in [6.07, 6.45) is 0.659. The van der Waals surface area contributed by atoms with Crippen molar-refractivity contribution in [1.82, 2.24) is 13.5 Å². The van der Waals surface area contributed by atoms with Crippen LogP contribution in [-0.4, -0.2) is 29.6 Å². The molecule has 0 bridgehead atoms. The first-order valence-electron chi connectivity index (χ1n) is 9.82. The van der Waals surface area contributed by atoms with Crippen LogP contribution in [0.15, 0.2) is 65.6 Å². The lowest BCUT2D eigenvalue weighted by Gasteiger charge is -2.18. The lowest BCUT2D eigenvalue weighted by Crippen LogP contribution is -2.28. The lowest BCUT2D eigenvalue weighted by atomic mass is 10.1. The molecule has 10 heteroatoms. The molecule has 1 aliphatic heterocycles. The van der Waals surface area contributed by atoms with Gasteiger partial charge in [-0.25, -0.2) is 17.5 Å². The minimum absolute atomic E-state index is 0.0981. The second-order valence-electron chi connectivity index (χ2n) is 7.39. The van der Waals surface area contributed by atoms with Gasteiger partial charge in [0.15, 0.2) is 0 Å². The normalized spacial score (nSPS) is 13.5. The van der Waals surface area contributed by atoms with Crippen LogP contribution in [0.4, 0.5) is 10.1 Å². The van der Waals surface area contributed by atoms with Crippen molar-refractivity contribution in [1.29, 1.82) is 0 Å². The number of amides is 1. The Morgan fingerprint density at radius 2 is 1.91 bits per heavy atom. The van der Waals surface area contributed by atoms with Crippen LogP contribution in [0.3, 0.4) is 0 Å². The molecule has 1 N–H and O–H groups in total. The fourth-order valence-electron chi connectivity index (χ4n) is 3.78. The van der Waals surface area contributed by atoms with E-state index in [0.29, 0.717) is 29.6 Å². The number of benzene rings is 3. The summed E-state index contributed by atoms with van der Waals surface area (Å²) in [6.45, 7) is 0.620. The zero-order chi connectivity index (χ0) is 22.3. The van der Waals surface area contributed by atoms with Crippen molar-refractivity contribution in [3.8, 4) is 0 Å². The van der Waals surface area contributed by atoms with Crippen LogP contribution in [0.2, 0.25) is 0 Å². The summed E-state index contributed by atoms with van der Waals surface area (Å²) >= 11 is 0.970. The predicted molar refractivity (Wildman–Crippen MR) is 120 cm³/mol. The molecule has 0 fully saturated rings. The topological polar surface area (TPSA) is 92.3 Å². The van der Waals surface area contributed by atoms with E-state index in [2.05, 4.69) is 13.5 Å². The maximum absolute atomic E-state index is 13.2. The average molecular weight is 469 g/mol. The van der Waals surface area contributed by atoms with E-state index < -0.39 is 15.8 Å². The van der Waals surface area contributed by atoms with Gasteiger partial charge >= 0.3 is 0 Å². The third-order valence-corrected chi connectivity index (χ3v) is 7.36. The van der Waals surface area contributed by atoms with Crippen LogP contribution in [-0.2, 0) is 23.0 Å². The summed E-state index contributed by atoms with van der Waals surface area (Å²) in [4.78, 5) is 14.6. The third-order valence-electron chi connectivity index (χ3n) is 5.38. The van der Waals surface area contributed by atoms with Crippen molar-refractivity contribution < 1.29 is 17.6 Å². The molecule has 7 nitrogen and oxygen atoms in total. The number of fused-ring (bicyclic) bond motifs is 2. The van der Waals surface area contributed by atoms with Crippen molar-refractivity contribution in [2.24, 2.45) is 0 Å². The Kier molecular flexibility index (Phi) is 5.20. The zero-order valence-electron chi connectivity index (χ0n) is 16.7. The highest BCUT2D eigenvalue weighted by atomic mass is 32.2. The van der Waals surface area contributed by atoms with Crippen LogP contribution in [0.1, 0.15) is 21.5 Å². The van der Waals surface area contributed by atoms with Gasteiger partial charge in [-0.05, 0) is 60.0 Å². The van der Waals surface area contributed by atoms with Gasteiger partial charge in [-0.1, -0.05) is 18.2 Å². The Morgan fingerprint density at radius 1 is 1.09 bits per heavy atom. The molecule has 1 amide bonds. The average Bonchev–Trinajstić information content (AvgIpc) is 3.44. The van der Waals surface area contributed by atoms with E-state index in [1.54, 1.807) is 23.1 Å². The maximum Gasteiger partial charge on any atom is 0.258 e. The van der Waals surface area contributed by atoms with Gasteiger partial charge in [-0.3, -0.25) is 4.79 Å². The number of anilines is 1. The minimum Gasteiger partial charge on any atom is -0.308 e. The number of carbonyl (C=O) groups is 1. The molecule has 1 aromatic heterocycles. The number of rotatable bonds is 5. The fourth-order valence-corrected chi connectivity index (χ4v) is 5.56. The summed E-state index contributed by atoms with van der Waals surface area (Å²) in [6, 6.07) is 15.9. The first kappa shape index (κ1) is 20.7. The first-order valence-corrected chi connectivity index (χ1v) is 12.0. The van der Waals surface area contributed by atoms with Crippen molar-refractivity contribution in [3.05, 3.63) is 83.2 Å². The summed E-state index contributed by atoms with van der Waals surface area (Å²) < 4.78 is 49.6. The van der Waals surface area contributed by atoms with Gasteiger partial charge in [0, 0.05) is 24.3 Å². The van der Waals surface area contributed by atoms with Gasteiger partial charge in [0.1, 0.15) is 21.7 Å². The van der Waals surface area contributed by atoms with E-state index in [1.807, 2.05) is 12.1 Å². The molecule has 32 heavy (non-hydrogen) atoms. The van der Waals surface area contributed by atoms with E-state index >= 15 is 0 Å². The van der Waals surface area contributed by atoms with E-state index in [0.717, 1.165) is 28.5 Å². The monoisotopic (exact) mass is 468 g/mol. The number of nitrogens with one attached hydrogen (secondary N) is 1. The smallest absolute Gasteiger partial charge is 0.258 e. The number of carbonyl (C=O) groups excluding carboxylic acids is 1. The minimum atomic E-state index is -3.77. The number of hydrogen-bond donors (Lipinski definition) is 1. The van der Waals surface area contributed by atoms with Gasteiger partial charge in [0.25, 0.3) is 5.91 Å². The largest absolute Gasteiger partial charge is 0.308 e. The molecule has 5 rings (SSSR count). The number of nitrogens with zero attached hydrogens (tertiary/aromatic N) is 3. The highest BCUT2D eigenvalue weighted by molar-refractivity contribution is 7.89. The molecular weight excluding hydrogens is 451 g/mol. The Balaban J connectivity index is 1.33. The quantitative estimate of drug-likeness (QED) is 0.484. The van der Waals surface area contributed by atoms with E-state index in [9.17, 15) is 17.6 Å². The van der Waals surface area contributed by atoms with Gasteiger partial charge in [0.05, 0.1) is 11.7 Å². The first-order chi connectivity index (χ1) is 15.4. The van der Waals surface area contributed by atoms with Crippen LogP contribution in [0.5, 0.6) is 0 Å². The molecule has 0 spiro atoms. The molecule has 4 aromatic rings. The van der Waals surface area contributed by atoms with Gasteiger partial charge in [-0.15, -0.1) is 0 Å². The summed E-state index contributed by atoms with van der Waals surface area (Å²) in [5.41, 5.74) is 3.84. The molecule has 0 unspecified atom stereocenters. The van der Waals surface area contributed by atoms with Crippen LogP contribution < -0.4 is 9.62 Å². The van der Waals surface area contributed by atoms with E-state index in [-0.39, 0.29) is 17.3 Å². The van der Waals surface area contributed by atoms with Gasteiger partial charge in [-0.2, -0.15) is 8.75 Å². The standard InChI is InChI=1S/C22H17FN4O3S2/c23-17-7-5-15(6-8-17)22(28)27-11-10-16-12-14(4-9-19(16)27)13-24-32(29,30)20-3-1-2-18-21(20)26-31-25-18/h1-9,12,24H,10-11,13H2. The number of sulfonamides is 1. The predicted octanol–water partition coefficient (Wildman–Crippen LogP) is 3.51. The molecule has 162 valence electrons. The second-order valence-corrected chi connectivity index (χ2v) is 9.65. The van der Waals surface area contributed by atoms with Crippen molar-refractivity contribution in [3.63, 3.8) is 0 Å².